The van der Waals surface area contributed by atoms with Gasteiger partial charge >= 0.3 is 0 Å². The fraction of sp³-hybridized carbons (Fsp3) is 0.0455. The summed E-state index contributed by atoms with van der Waals surface area (Å²) in [6, 6.07) is 59.8. The third-order valence-corrected chi connectivity index (χ3v) is 9.99. The lowest BCUT2D eigenvalue weighted by atomic mass is 9.89. The van der Waals surface area contributed by atoms with E-state index in [1.807, 2.05) is 11.3 Å². The van der Waals surface area contributed by atoms with Crippen molar-refractivity contribution >= 4 is 49.9 Å². The first-order valence-electron chi connectivity index (χ1n) is 15.8. The van der Waals surface area contributed by atoms with Crippen molar-refractivity contribution in [3.05, 3.63) is 175 Å². The number of aryl methyl sites for hydroxylation is 2. The molecule has 1 nitrogen and oxygen atoms in total. The van der Waals surface area contributed by atoms with Crippen LogP contribution in [0, 0.1) is 13.8 Å². The Hall–Kier alpha value is -5.44. The molecule has 8 aromatic rings. The lowest BCUT2D eigenvalue weighted by molar-refractivity contribution is 1.29. The predicted octanol–water partition coefficient (Wildman–Crippen LogP) is 13.1. The van der Waals surface area contributed by atoms with Crippen LogP contribution in [0.5, 0.6) is 0 Å². The summed E-state index contributed by atoms with van der Waals surface area (Å²) in [4.78, 5) is 4.99. The summed E-state index contributed by atoms with van der Waals surface area (Å²) in [6.45, 7) is 4.29. The molecule has 0 fully saturated rings. The van der Waals surface area contributed by atoms with Crippen molar-refractivity contribution in [1.82, 2.24) is 0 Å². The van der Waals surface area contributed by atoms with E-state index in [9.17, 15) is 0 Å². The summed E-state index contributed by atoms with van der Waals surface area (Å²) in [6.07, 6.45) is 0. The van der Waals surface area contributed by atoms with Crippen LogP contribution in [0.15, 0.2) is 164 Å². The van der Waals surface area contributed by atoms with Gasteiger partial charge < -0.3 is 4.90 Å². The van der Waals surface area contributed by atoms with E-state index < -0.39 is 0 Å². The summed E-state index contributed by atoms with van der Waals surface area (Å²) < 4.78 is 0. The Morgan fingerprint density at radius 2 is 0.848 bits per heavy atom. The van der Waals surface area contributed by atoms with E-state index in [1.165, 1.54) is 70.4 Å². The maximum Gasteiger partial charge on any atom is 0.0618 e. The Morgan fingerprint density at radius 3 is 1.41 bits per heavy atom. The van der Waals surface area contributed by atoms with Crippen molar-refractivity contribution in [2.75, 3.05) is 4.90 Å². The normalized spacial score (nSPS) is 11.3. The molecular formula is C44H33NS. The SMILES string of the molecule is Cc1ccc(N(c2ccc(C)cc2)c2c3ccccc3c(-c3cccc(-c4ccc(-c5ccccc5)s4)c3)c3ccccc23)cc1. The van der Waals surface area contributed by atoms with Crippen LogP contribution in [0.4, 0.5) is 17.1 Å². The van der Waals surface area contributed by atoms with Gasteiger partial charge in [-0.2, -0.15) is 0 Å². The molecule has 0 saturated carbocycles. The Morgan fingerprint density at radius 1 is 0.391 bits per heavy atom. The van der Waals surface area contributed by atoms with Crippen molar-refractivity contribution in [3.63, 3.8) is 0 Å². The van der Waals surface area contributed by atoms with Crippen molar-refractivity contribution in [2.24, 2.45) is 0 Å². The highest BCUT2D eigenvalue weighted by molar-refractivity contribution is 7.18. The van der Waals surface area contributed by atoms with Crippen LogP contribution in [0.25, 0.3) is 53.6 Å². The van der Waals surface area contributed by atoms with Crippen molar-refractivity contribution < 1.29 is 0 Å². The average Bonchev–Trinajstić information content (AvgIpc) is 3.61. The first-order chi connectivity index (χ1) is 22.6. The maximum absolute atomic E-state index is 2.43. The van der Waals surface area contributed by atoms with E-state index in [1.54, 1.807) is 0 Å². The van der Waals surface area contributed by atoms with Crippen molar-refractivity contribution in [2.45, 2.75) is 13.8 Å². The van der Waals surface area contributed by atoms with E-state index >= 15 is 0 Å². The standard InChI is InChI=1S/C44H33NS/c1-30-19-23-35(24-20-30)45(36-25-21-31(2)22-26-36)44-39-17-8-6-15-37(39)43(38-16-7-9-18-40(38)44)34-14-10-13-33(29-34)42-28-27-41(46-42)32-11-4-3-5-12-32/h3-29H,1-2H3. The van der Waals surface area contributed by atoms with E-state index in [2.05, 4.69) is 183 Å². The number of fused-ring (bicyclic) bond motifs is 2. The molecule has 0 spiro atoms. The van der Waals surface area contributed by atoms with Gasteiger partial charge in [-0.25, -0.2) is 0 Å². The molecule has 220 valence electrons. The van der Waals surface area contributed by atoms with E-state index in [4.69, 9.17) is 0 Å². The monoisotopic (exact) mass is 607 g/mol. The van der Waals surface area contributed by atoms with Crippen molar-refractivity contribution in [3.8, 4) is 32.0 Å². The molecule has 0 aliphatic rings. The van der Waals surface area contributed by atoms with Gasteiger partial charge in [0.05, 0.1) is 5.69 Å². The summed E-state index contributed by atoms with van der Waals surface area (Å²) in [5.41, 5.74) is 11.0. The number of thiophene rings is 1. The fourth-order valence-electron chi connectivity index (χ4n) is 6.53. The molecule has 8 rings (SSSR count). The molecule has 0 aliphatic carbocycles. The average molecular weight is 608 g/mol. The van der Waals surface area contributed by atoms with E-state index in [0.717, 1.165) is 11.4 Å². The molecule has 0 N–H and O–H groups in total. The van der Waals surface area contributed by atoms with E-state index in [-0.39, 0.29) is 0 Å². The Kier molecular flexibility index (Phi) is 7.21. The minimum Gasteiger partial charge on any atom is -0.309 e. The molecule has 1 aromatic heterocycles. The second kappa shape index (κ2) is 11.8. The first kappa shape index (κ1) is 28.1. The third kappa shape index (κ3) is 5.07. The zero-order chi connectivity index (χ0) is 31.0. The molecular weight excluding hydrogens is 575 g/mol. The molecule has 46 heavy (non-hydrogen) atoms. The number of hydrogen-bond donors (Lipinski definition) is 0. The van der Waals surface area contributed by atoms with Gasteiger partial charge in [0.2, 0.25) is 0 Å². The van der Waals surface area contributed by atoms with Crippen LogP contribution in [-0.4, -0.2) is 0 Å². The maximum atomic E-state index is 2.43. The molecule has 2 heteroatoms. The van der Waals surface area contributed by atoms with E-state index in [0.29, 0.717) is 0 Å². The highest BCUT2D eigenvalue weighted by Gasteiger charge is 2.22. The van der Waals surface area contributed by atoms with Gasteiger partial charge in [0, 0.05) is 31.9 Å². The van der Waals surface area contributed by atoms with Crippen LogP contribution in [0.3, 0.4) is 0 Å². The predicted molar refractivity (Wildman–Crippen MR) is 200 cm³/mol. The molecule has 0 radical (unpaired) electrons. The van der Waals surface area contributed by atoms with Gasteiger partial charge in [-0.05, 0) is 89.3 Å². The van der Waals surface area contributed by atoms with Crippen LogP contribution in [0.2, 0.25) is 0 Å². The van der Waals surface area contributed by atoms with Gasteiger partial charge in [-0.3, -0.25) is 0 Å². The number of anilines is 3. The van der Waals surface area contributed by atoms with Crippen LogP contribution in [0.1, 0.15) is 11.1 Å². The van der Waals surface area contributed by atoms with Crippen LogP contribution in [-0.2, 0) is 0 Å². The number of hydrogen-bond acceptors (Lipinski definition) is 2. The van der Waals surface area contributed by atoms with Gasteiger partial charge in [-0.15, -0.1) is 11.3 Å². The smallest absolute Gasteiger partial charge is 0.0618 e. The molecule has 0 unspecified atom stereocenters. The van der Waals surface area contributed by atoms with Crippen LogP contribution < -0.4 is 4.90 Å². The lowest BCUT2D eigenvalue weighted by Crippen LogP contribution is -2.11. The highest BCUT2D eigenvalue weighted by atomic mass is 32.1. The highest BCUT2D eigenvalue weighted by Crippen LogP contribution is 2.48. The number of nitrogens with zero attached hydrogens (tertiary/aromatic N) is 1. The Balaban J connectivity index is 1.36. The summed E-state index contributed by atoms with van der Waals surface area (Å²) in [5, 5.41) is 4.94. The van der Waals surface area contributed by atoms with Gasteiger partial charge in [0.25, 0.3) is 0 Å². The largest absolute Gasteiger partial charge is 0.309 e. The summed E-state index contributed by atoms with van der Waals surface area (Å²) in [5.74, 6) is 0. The zero-order valence-corrected chi connectivity index (χ0v) is 26.8. The molecule has 0 bridgehead atoms. The fourth-order valence-corrected chi connectivity index (χ4v) is 7.54. The second-order valence-corrected chi connectivity index (χ2v) is 13.0. The Bertz CT molecular complexity index is 2210. The van der Waals surface area contributed by atoms with Crippen molar-refractivity contribution in [1.29, 1.82) is 0 Å². The van der Waals surface area contributed by atoms with Gasteiger partial charge in [0.1, 0.15) is 0 Å². The minimum atomic E-state index is 1.14. The quantitative estimate of drug-likeness (QED) is 0.170. The molecule has 0 atom stereocenters. The summed E-state index contributed by atoms with van der Waals surface area (Å²) >= 11 is 1.85. The third-order valence-electron chi connectivity index (χ3n) is 8.81. The molecule has 0 amide bonds. The van der Waals surface area contributed by atoms with Gasteiger partial charge in [-0.1, -0.05) is 132 Å². The minimum absolute atomic E-state index is 1.14. The number of benzene rings is 7. The first-order valence-corrected chi connectivity index (χ1v) is 16.6. The van der Waals surface area contributed by atoms with Gasteiger partial charge in [0.15, 0.2) is 0 Å². The second-order valence-electron chi connectivity index (χ2n) is 11.9. The number of rotatable bonds is 6. The van der Waals surface area contributed by atoms with Crippen LogP contribution >= 0.6 is 11.3 Å². The summed E-state index contributed by atoms with van der Waals surface area (Å²) in [7, 11) is 0. The molecule has 7 aromatic carbocycles. The molecule has 1 heterocycles. The topological polar surface area (TPSA) is 3.24 Å². The zero-order valence-electron chi connectivity index (χ0n) is 25.9. The Labute approximate surface area is 274 Å². The lowest BCUT2D eigenvalue weighted by Gasteiger charge is -2.29. The molecule has 0 aliphatic heterocycles. The molecule has 0 saturated heterocycles.